The lowest BCUT2D eigenvalue weighted by Crippen LogP contribution is -2.36. The molecule has 0 fully saturated rings. The van der Waals surface area contributed by atoms with E-state index in [1.54, 1.807) is 11.0 Å². The van der Waals surface area contributed by atoms with E-state index in [1.807, 2.05) is 0 Å². The maximum absolute atomic E-state index is 13.0. The van der Waals surface area contributed by atoms with E-state index < -0.39 is 0 Å². The van der Waals surface area contributed by atoms with Crippen LogP contribution in [0.1, 0.15) is 17.5 Å². The highest BCUT2D eigenvalue weighted by molar-refractivity contribution is 5.85. The maximum atomic E-state index is 13.0. The molecule has 0 atom stereocenters. The maximum Gasteiger partial charge on any atom is 0.224 e. The van der Waals surface area contributed by atoms with Crippen molar-refractivity contribution >= 4 is 18.3 Å². The number of nitrogens with two attached hydrogens (primary N) is 1. The zero-order valence-corrected chi connectivity index (χ0v) is 10.3. The van der Waals surface area contributed by atoms with Gasteiger partial charge in [-0.3, -0.25) is 4.79 Å². The first-order chi connectivity index (χ1) is 7.70. The van der Waals surface area contributed by atoms with Crippen molar-refractivity contribution in [2.75, 3.05) is 13.1 Å². The topological polar surface area (TPSA) is 46.3 Å². The van der Waals surface area contributed by atoms with E-state index >= 15 is 0 Å². The summed E-state index contributed by atoms with van der Waals surface area (Å²) in [6.07, 6.45) is 1.16. The number of carbonyl (C=O) groups is 1. The summed E-state index contributed by atoms with van der Waals surface area (Å²) in [5.41, 5.74) is 7.40. The lowest BCUT2D eigenvalue weighted by Gasteiger charge is -2.28. The number of hydrogen-bond acceptors (Lipinski definition) is 2. The van der Waals surface area contributed by atoms with Crippen LogP contribution < -0.4 is 5.73 Å². The minimum absolute atomic E-state index is 0. The van der Waals surface area contributed by atoms with E-state index in [9.17, 15) is 9.18 Å². The zero-order chi connectivity index (χ0) is 11.5. The van der Waals surface area contributed by atoms with E-state index in [-0.39, 0.29) is 24.1 Å². The van der Waals surface area contributed by atoms with E-state index in [0.717, 1.165) is 17.5 Å². The number of halogens is 2. The van der Waals surface area contributed by atoms with Gasteiger partial charge in [0.1, 0.15) is 5.82 Å². The second-order valence-electron chi connectivity index (χ2n) is 4.02. The zero-order valence-electron chi connectivity index (χ0n) is 9.49. The molecule has 17 heavy (non-hydrogen) atoms. The molecule has 1 heterocycles. The average molecular weight is 259 g/mol. The Balaban J connectivity index is 0.00000144. The third-order valence-electron chi connectivity index (χ3n) is 2.89. The predicted octanol–water partition coefficient (Wildman–Crippen LogP) is 1.48. The van der Waals surface area contributed by atoms with Gasteiger partial charge in [0, 0.05) is 26.1 Å². The fourth-order valence-corrected chi connectivity index (χ4v) is 2.02. The van der Waals surface area contributed by atoms with Crippen LogP contribution in [0.2, 0.25) is 0 Å². The third kappa shape index (κ3) is 3.17. The van der Waals surface area contributed by atoms with Crippen molar-refractivity contribution in [3.05, 3.63) is 35.1 Å². The first-order valence-corrected chi connectivity index (χ1v) is 5.46. The second kappa shape index (κ2) is 5.98. The molecule has 2 rings (SSSR count). The Morgan fingerprint density at radius 2 is 2.18 bits per heavy atom. The van der Waals surface area contributed by atoms with Crippen molar-refractivity contribution in [2.24, 2.45) is 5.73 Å². The molecule has 0 bridgehead atoms. The molecule has 0 saturated heterocycles. The Bertz CT molecular complexity index is 411. The number of fused-ring (bicyclic) bond motifs is 1. The smallest absolute Gasteiger partial charge is 0.224 e. The Morgan fingerprint density at radius 1 is 1.41 bits per heavy atom. The van der Waals surface area contributed by atoms with Gasteiger partial charge in [-0.2, -0.15) is 0 Å². The number of amides is 1. The summed E-state index contributed by atoms with van der Waals surface area (Å²) in [6, 6.07) is 4.78. The monoisotopic (exact) mass is 258 g/mol. The summed E-state index contributed by atoms with van der Waals surface area (Å²) in [6.45, 7) is 1.58. The van der Waals surface area contributed by atoms with Crippen LogP contribution in [0.4, 0.5) is 4.39 Å². The minimum atomic E-state index is -0.244. The van der Waals surface area contributed by atoms with E-state index in [4.69, 9.17) is 5.73 Å². The fraction of sp³-hybridized carbons (Fsp3) is 0.417. The lowest BCUT2D eigenvalue weighted by atomic mass is 9.99. The SMILES string of the molecule is Cl.NCCC(=O)N1CCc2ccc(F)cc2C1. The van der Waals surface area contributed by atoms with Crippen LogP contribution in [0.25, 0.3) is 0 Å². The molecular weight excluding hydrogens is 243 g/mol. The molecule has 0 spiro atoms. The standard InChI is InChI=1S/C12H15FN2O.ClH/c13-11-2-1-9-4-6-15(8-10(9)7-11)12(16)3-5-14;/h1-2,7H,3-6,8,14H2;1H. The highest BCUT2D eigenvalue weighted by Crippen LogP contribution is 2.20. The van der Waals surface area contributed by atoms with Gasteiger partial charge in [0.15, 0.2) is 0 Å². The summed E-state index contributed by atoms with van der Waals surface area (Å²) in [4.78, 5) is 13.4. The van der Waals surface area contributed by atoms with Gasteiger partial charge in [0.05, 0.1) is 0 Å². The van der Waals surface area contributed by atoms with Crippen LogP contribution in [0.5, 0.6) is 0 Å². The first-order valence-electron chi connectivity index (χ1n) is 5.46. The van der Waals surface area contributed by atoms with E-state index in [2.05, 4.69) is 0 Å². The largest absolute Gasteiger partial charge is 0.338 e. The van der Waals surface area contributed by atoms with Crippen LogP contribution in [-0.4, -0.2) is 23.9 Å². The molecule has 3 nitrogen and oxygen atoms in total. The van der Waals surface area contributed by atoms with Crippen molar-refractivity contribution in [2.45, 2.75) is 19.4 Å². The molecule has 1 aromatic rings. The van der Waals surface area contributed by atoms with Gasteiger partial charge in [-0.05, 0) is 29.7 Å². The van der Waals surface area contributed by atoms with Crippen LogP contribution in [0, 0.1) is 5.82 Å². The molecule has 1 amide bonds. The van der Waals surface area contributed by atoms with Crippen LogP contribution >= 0.6 is 12.4 Å². The highest BCUT2D eigenvalue weighted by atomic mass is 35.5. The molecule has 2 N–H and O–H groups in total. The molecule has 1 aliphatic heterocycles. The molecule has 94 valence electrons. The molecule has 0 aromatic heterocycles. The normalized spacial score (nSPS) is 13.9. The summed E-state index contributed by atoms with van der Waals surface area (Å²) >= 11 is 0. The van der Waals surface area contributed by atoms with Gasteiger partial charge >= 0.3 is 0 Å². The second-order valence-corrected chi connectivity index (χ2v) is 4.02. The van der Waals surface area contributed by atoms with Crippen molar-refractivity contribution in [3.63, 3.8) is 0 Å². The molecule has 0 saturated carbocycles. The lowest BCUT2D eigenvalue weighted by molar-refractivity contribution is -0.131. The molecule has 0 unspecified atom stereocenters. The number of hydrogen-bond donors (Lipinski definition) is 1. The summed E-state index contributed by atoms with van der Waals surface area (Å²) in [5, 5.41) is 0. The Kier molecular flexibility index (Phi) is 4.90. The number of benzene rings is 1. The minimum Gasteiger partial charge on any atom is -0.338 e. The fourth-order valence-electron chi connectivity index (χ4n) is 2.02. The summed E-state index contributed by atoms with van der Waals surface area (Å²) in [7, 11) is 0. The number of rotatable bonds is 2. The third-order valence-corrected chi connectivity index (χ3v) is 2.89. The van der Waals surface area contributed by atoms with Gasteiger partial charge < -0.3 is 10.6 Å². The molecule has 5 heteroatoms. The van der Waals surface area contributed by atoms with Crippen LogP contribution in [0.15, 0.2) is 18.2 Å². The van der Waals surface area contributed by atoms with Crippen molar-refractivity contribution in [1.82, 2.24) is 4.90 Å². The van der Waals surface area contributed by atoms with Gasteiger partial charge in [0.25, 0.3) is 0 Å². The molecule has 0 aliphatic carbocycles. The van der Waals surface area contributed by atoms with Gasteiger partial charge in [0.2, 0.25) is 5.91 Å². The van der Waals surface area contributed by atoms with Crippen LogP contribution in [0.3, 0.4) is 0 Å². The molecular formula is C12H16ClFN2O. The first kappa shape index (κ1) is 13.9. The van der Waals surface area contributed by atoms with Crippen LogP contribution in [-0.2, 0) is 17.8 Å². The number of nitrogens with zero attached hydrogens (tertiary/aromatic N) is 1. The van der Waals surface area contributed by atoms with Crippen molar-refractivity contribution in [3.8, 4) is 0 Å². The Morgan fingerprint density at radius 3 is 2.88 bits per heavy atom. The van der Waals surface area contributed by atoms with Gasteiger partial charge in [-0.15, -0.1) is 12.4 Å². The van der Waals surface area contributed by atoms with E-state index in [0.29, 0.717) is 26.1 Å². The average Bonchev–Trinajstić information content (AvgIpc) is 2.28. The molecule has 1 aliphatic rings. The number of carbonyl (C=O) groups excluding carboxylic acids is 1. The van der Waals surface area contributed by atoms with Crippen molar-refractivity contribution < 1.29 is 9.18 Å². The quantitative estimate of drug-likeness (QED) is 0.874. The van der Waals surface area contributed by atoms with Gasteiger partial charge in [-0.25, -0.2) is 4.39 Å². The Hall–Kier alpha value is -1.13. The molecule has 1 aromatic carbocycles. The van der Waals surface area contributed by atoms with Gasteiger partial charge in [-0.1, -0.05) is 6.07 Å². The highest BCUT2D eigenvalue weighted by Gasteiger charge is 2.20. The molecule has 0 radical (unpaired) electrons. The summed E-state index contributed by atoms with van der Waals surface area (Å²) in [5.74, 6) is -0.190. The predicted molar refractivity (Wildman–Crippen MR) is 66.4 cm³/mol. The summed E-state index contributed by atoms with van der Waals surface area (Å²) < 4.78 is 13.0. The Labute approximate surface area is 106 Å². The van der Waals surface area contributed by atoms with E-state index in [1.165, 1.54) is 12.1 Å². The van der Waals surface area contributed by atoms with Crippen molar-refractivity contribution in [1.29, 1.82) is 0 Å².